The van der Waals surface area contributed by atoms with Crippen molar-refractivity contribution in [2.75, 3.05) is 23.3 Å². The highest BCUT2D eigenvalue weighted by Gasteiger charge is 2.28. The van der Waals surface area contributed by atoms with Gasteiger partial charge in [-0.25, -0.2) is 9.97 Å². The fourth-order valence-electron chi connectivity index (χ4n) is 4.96. The van der Waals surface area contributed by atoms with E-state index in [1.54, 1.807) is 12.4 Å². The number of nitrogens with two attached hydrogens (primary N) is 1. The maximum Gasteiger partial charge on any atom is 0.254 e. The van der Waals surface area contributed by atoms with Crippen LogP contribution in [0.3, 0.4) is 0 Å². The third kappa shape index (κ3) is 3.45. The van der Waals surface area contributed by atoms with Crippen LogP contribution in [0.5, 0.6) is 0 Å². The number of nitrogens with one attached hydrogen (secondary N) is 2. The van der Waals surface area contributed by atoms with Gasteiger partial charge in [-0.3, -0.25) is 9.78 Å². The zero-order valence-electron chi connectivity index (χ0n) is 19.0. The molecule has 0 aliphatic carbocycles. The largest absolute Gasteiger partial charge is 0.355 e. The van der Waals surface area contributed by atoms with Crippen LogP contribution >= 0.6 is 0 Å². The van der Waals surface area contributed by atoms with Gasteiger partial charge in [0, 0.05) is 61.6 Å². The number of rotatable bonds is 4. The Kier molecular flexibility index (Phi) is 4.91. The Balaban J connectivity index is 1.37. The van der Waals surface area contributed by atoms with E-state index in [9.17, 15) is 4.79 Å². The molecular formula is C25H26N8O. The molecule has 0 spiro atoms. The van der Waals surface area contributed by atoms with Gasteiger partial charge in [-0.2, -0.15) is 0 Å². The van der Waals surface area contributed by atoms with E-state index in [0.717, 1.165) is 59.6 Å². The molecule has 172 valence electrons. The summed E-state index contributed by atoms with van der Waals surface area (Å²) in [7, 11) is 1.97. The standard InChI is InChI=1S/C25H26N8O/c1-32-11-8-17-16(7-9-27-24(17)32)23-18-12-29-25(34)22(18)19(13-28-23)30-20-5-2-6-21(31-20)33-10-3-4-15(26)14-33/h2,5-9,11,13,15H,3-4,10,12,14,26H2,1H3,(H,29,34)(H,30,31)/t15-/m1/s1. The van der Waals surface area contributed by atoms with Crippen molar-refractivity contribution in [2.24, 2.45) is 12.8 Å². The van der Waals surface area contributed by atoms with Gasteiger partial charge in [-0.05, 0) is 37.1 Å². The molecule has 0 aromatic carbocycles. The van der Waals surface area contributed by atoms with E-state index in [2.05, 4.69) is 20.5 Å². The van der Waals surface area contributed by atoms with Crippen molar-refractivity contribution in [2.45, 2.75) is 25.4 Å². The number of aryl methyl sites for hydroxylation is 1. The number of hydrogen-bond donors (Lipinski definition) is 3. The van der Waals surface area contributed by atoms with Crippen LogP contribution in [0.4, 0.5) is 17.3 Å². The molecule has 1 saturated heterocycles. The van der Waals surface area contributed by atoms with Crippen LogP contribution in [0.1, 0.15) is 28.8 Å². The van der Waals surface area contributed by atoms with E-state index in [1.807, 2.05) is 48.1 Å². The molecular weight excluding hydrogens is 428 g/mol. The van der Waals surface area contributed by atoms with Gasteiger partial charge >= 0.3 is 0 Å². The van der Waals surface area contributed by atoms with Gasteiger partial charge in [-0.15, -0.1) is 0 Å². The number of carbonyl (C=O) groups excluding carboxylic acids is 1. The fourth-order valence-corrected chi connectivity index (χ4v) is 4.96. The van der Waals surface area contributed by atoms with Crippen LogP contribution in [0.15, 0.2) is 48.9 Å². The highest BCUT2D eigenvalue weighted by atomic mass is 16.1. The lowest BCUT2D eigenvalue weighted by molar-refractivity contribution is 0.0966. The lowest BCUT2D eigenvalue weighted by Gasteiger charge is -2.31. The van der Waals surface area contributed by atoms with Crippen LogP contribution in [-0.2, 0) is 13.6 Å². The predicted octanol–water partition coefficient (Wildman–Crippen LogP) is 2.94. The number of anilines is 3. The molecule has 6 rings (SSSR count). The molecule has 0 radical (unpaired) electrons. The highest BCUT2D eigenvalue weighted by Crippen LogP contribution is 2.36. The highest BCUT2D eigenvalue weighted by molar-refractivity contribution is 6.06. The minimum atomic E-state index is -0.113. The van der Waals surface area contributed by atoms with Crippen molar-refractivity contribution >= 4 is 34.3 Å². The molecule has 2 aliphatic rings. The number of hydrogen-bond acceptors (Lipinski definition) is 7. The molecule has 0 bridgehead atoms. The lowest BCUT2D eigenvalue weighted by atomic mass is 10.0. The zero-order chi connectivity index (χ0) is 23.2. The molecule has 0 saturated carbocycles. The smallest absolute Gasteiger partial charge is 0.254 e. The Morgan fingerprint density at radius 1 is 1.21 bits per heavy atom. The van der Waals surface area contributed by atoms with Crippen molar-refractivity contribution in [1.29, 1.82) is 0 Å². The first-order valence-electron chi connectivity index (χ1n) is 11.5. The first-order chi connectivity index (χ1) is 16.6. The summed E-state index contributed by atoms with van der Waals surface area (Å²) in [6.07, 6.45) is 7.59. The number of carbonyl (C=O) groups is 1. The summed E-state index contributed by atoms with van der Waals surface area (Å²) in [6, 6.07) is 10.0. The van der Waals surface area contributed by atoms with Crippen LogP contribution in [-0.4, -0.2) is 44.6 Å². The number of pyridine rings is 3. The van der Waals surface area contributed by atoms with Crippen LogP contribution < -0.4 is 21.3 Å². The van der Waals surface area contributed by atoms with Gasteiger partial charge in [0.2, 0.25) is 0 Å². The molecule has 1 amide bonds. The van der Waals surface area contributed by atoms with Crippen LogP contribution in [0.25, 0.3) is 22.3 Å². The molecule has 4 aromatic heterocycles. The van der Waals surface area contributed by atoms with E-state index in [0.29, 0.717) is 23.6 Å². The summed E-state index contributed by atoms with van der Waals surface area (Å²) in [6.45, 7) is 2.17. The summed E-state index contributed by atoms with van der Waals surface area (Å²) in [5, 5.41) is 7.30. The van der Waals surface area contributed by atoms with Crippen LogP contribution in [0.2, 0.25) is 0 Å². The van der Waals surface area contributed by atoms with Gasteiger partial charge in [0.15, 0.2) is 0 Å². The topological polar surface area (TPSA) is 114 Å². The van der Waals surface area contributed by atoms with Crippen molar-refractivity contribution < 1.29 is 4.79 Å². The maximum absolute atomic E-state index is 12.8. The van der Waals surface area contributed by atoms with E-state index >= 15 is 0 Å². The average molecular weight is 455 g/mol. The van der Waals surface area contributed by atoms with E-state index in [4.69, 9.17) is 15.7 Å². The predicted molar refractivity (Wildman–Crippen MR) is 132 cm³/mol. The van der Waals surface area contributed by atoms with Gasteiger partial charge in [-0.1, -0.05) is 6.07 Å². The van der Waals surface area contributed by atoms with Crippen molar-refractivity contribution in [3.63, 3.8) is 0 Å². The summed E-state index contributed by atoms with van der Waals surface area (Å²) in [4.78, 5) is 29.1. The van der Waals surface area contributed by atoms with Gasteiger partial charge in [0.25, 0.3) is 5.91 Å². The molecule has 9 heteroatoms. The first-order valence-corrected chi connectivity index (χ1v) is 11.5. The summed E-state index contributed by atoms with van der Waals surface area (Å²) >= 11 is 0. The van der Waals surface area contributed by atoms with Crippen LogP contribution in [0, 0.1) is 0 Å². The lowest BCUT2D eigenvalue weighted by Crippen LogP contribution is -2.43. The molecule has 9 nitrogen and oxygen atoms in total. The second-order valence-electron chi connectivity index (χ2n) is 8.93. The molecule has 0 unspecified atom stereocenters. The quantitative estimate of drug-likeness (QED) is 0.434. The second kappa shape index (κ2) is 8.11. The Morgan fingerprint density at radius 3 is 3.00 bits per heavy atom. The molecule has 6 heterocycles. The van der Waals surface area contributed by atoms with Gasteiger partial charge in [0.1, 0.15) is 17.3 Å². The molecule has 1 atom stereocenters. The number of nitrogens with zero attached hydrogens (tertiary/aromatic N) is 5. The van der Waals surface area contributed by atoms with Crippen molar-refractivity contribution in [3.8, 4) is 11.3 Å². The van der Waals surface area contributed by atoms with Gasteiger partial charge < -0.3 is 25.8 Å². The second-order valence-corrected chi connectivity index (χ2v) is 8.93. The summed E-state index contributed by atoms with van der Waals surface area (Å²) < 4.78 is 1.98. The maximum atomic E-state index is 12.8. The first kappa shape index (κ1) is 20.6. The van der Waals surface area contributed by atoms with E-state index in [-0.39, 0.29) is 11.9 Å². The van der Waals surface area contributed by atoms with E-state index < -0.39 is 0 Å². The Hall–Kier alpha value is -3.98. The zero-order valence-corrected chi connectivity index (χ0v) is 19.0. The van der Waals surface area contributed by atoms with Crippen molar-refractivity contribution in [3.05, 3.63) is 60.0 Å². The molecule has 1 fully saturated rings. The molecule has 4 aromatic rings. The average Bonchev–Trinajstić information content (AvgIpc) is 3.43. The summed E-state index contributed by atoms with van der Waals surface area (Å²) in [5.74, 6) is 1.44. The summed E-state index contributed by atoms with van der Waals surface area (Å²) in [5.41, 5.74) is 10.9. The third-order valence-electron chi connectivity index (χ3n) is 6.63. The minimum absolute atomic E-state index is 0.113. The Labute approximate surface area is 197 Å². The minimum Gasteiger partial charge on any atom is -0.355 e. The fraction of sp³-hybridized carbons (Fsp3) is 0.280. The third-order valence-corrected chi connectivity index (χ3v) is 6.63. The normalized spacial score (nSPS) is 17.6. The van der Waals surface area contributed by atoms with Gasteiger partial charge in [0.05, 0.1) is 23.1 Å². The Bertz CT molecular complexity index is 1410. The van der Waals surface area contributed by atoms with Crippen molar-refractivity contribution in [1.82, 2.24) is 24.8 Å². The van der Waals surface area contributed by atoms with E-state index in [1.165, 1.54) is 0 Å². The molecule has 34 heavy (non-hydrogen) atoms. The number of aromatic nitrogens is 4. The number of fused-ring (bicyclic) bond motifs is 2. The molecule has 4 N–H and O–H groups in total. The monoisotopic (exact) mass is 454 g/mol. The molecule has 2 aliphatic heterocycles. The number of amides is 1. The number of piperidine rings is 1. The Morgan fingerprint density at radius 2 is 2.12 bits per heavy atom. The SMILES string of the molecule is Cn1ccc2c(-c3ncc(Nc4cccc(N5CCC[C@@H](N)C5)n4)c4c3CNC4=O)ccnc21.